The Hall–Kier alpha value is -0.120. The summed E-state index contributed by atoms with van der Waals surface area (Å²) in [5.41, 5.74) is 0. The van der Waals surface area contributed by atoms with Crippen LogP contribution in [0, 0.1) is 0 Å². The molecule has 0 spiro atoms. The zero-order valence-corrected chi connectivity index (χ0v) is 6.52. The zero-order valence-electron chi connectivity index (χ0n) is 6.52. The van der Waals surface area contributed by atoms with Crippen LogP contribution < -0.4 is 11.2 Å². The Balaban J connectivity index is 3.16. The van der Waals surface area contributed by atoms with Crippen molar-refractivity contribution in [2.24, 2.45) is 5.84 Å². The van der Waals surface area contributed by atoms with E-state index in [4.69, 9.17) is 5.84 Å². The monoisotopic (exact) mass is 131 g/mol. The second kappa shape index (κ2) is 4.73. The molecule has 0 aromatic heterocycles. The fraction of sp³-hybridized carbons (Fsp3) is 1.00. The molecule has 3 N–H and O–H groups in total. The molecule has 0 fully saturated rings. The first-order chi connectivity index (χ1) is 4.18. The van der Waals surface area contributed by atoms with Crippen LogP contribution in [0.5, 0.6) is 0 Å². The predicted octanol–water partition coefficient (Wildman–Crippen LogP) is 0.137. The summed E-state index contributed by atoms with van der Waals surface area (Å²) in [6.07, 6.45) is 0. The van der Waals surface area contributed by atoms with Crippen molar-refractivity contribution in [1.29, 1.82) is 0 Å². The standard InChI is InChI=1S/C6H17N3/c1-4-8-5-9(7)6(2)3/h6,8H,4-5,7H2,1-3H3. The Morgan fingerprint density at radius 3 is 2.44 bits per heavy atom. The van der Waals surface area contributed by atoms with Gasteiger partial charge in [-0.1, -0.05) is 6.92 Å². The lowest BCUT2D eigenvalue weighted by Crippen LogP contribution is -2.43. The van der Waals surface area contributed by atoms with Crippen molar-refractivity contribution in [2.45, 2.75) is 26.8 Å². The number of rotatable bonds is 4. The lowest BCUT2D eigenvalue weighted by Gasteiger charge is -2.19. The first-order valence-corrected chi connectivity index (χ1v) is 3.40. The number of hydrogen-bond donors (Lipinski definition) is 2. The van der Waals surface area contributed by atoms with E-state index in [-0.39, 0.29) is 0 Å². The summed E-state index contributed by atoms with van der Waals surface area (Å²) in [7, 11) is 0. The Morgan fingerprint density at radius 2 is 2.11 bits per heavy atom. The van der Waals surface area contributed by atoms with E-state index in [1.54, 1.807) is 5.01 Å². The van der Waals surface area contributed by atoms with Crippen LogP contribution >= 0.6 is 0 Å². The second-order valence-electron chi connectivity index (χ2n) is 2.37. The Bertz CT molecular complexity index is 63.3. The minimum Gasteiger partial charge on any atom is -0.304 e. The van der Waals surface area contributed by atoms with Crippen molar-refractivity contribution >= 4 is 0 Å². The fourth-order valence-corrected chi connectivity index (χ4v) is 0.423. The molecule has 0 aliphatic heterocycles. The summed E-state index contributed by atoms with van der Waals surface area (Å²) < 4.78 is 0. The molecule has 0 aliphatic rings. The van der Waals surface area contributed by atoms with Crippen molar-refractivity contribution in [1.82, 2.24) is 10.3 Å². The molecule has 0 aliphatic carbocycles. The molecule has 0 atom stereocenters. The number of nitrogens with two attached hydrogens (primary N) is 1. The first kappa shape index (κ1) is 8.88. The van der Waals surface area contributed by atoms with Gasteiger partial charge in [-0.2, -0.15) is 0 Å². The molecule has 56 valence electrons. The van der Waals surface area contributed by atoms with Crippen molar-refractivity contribution in [3.63, 3.8) is 0 Å². The van der Waals surface area contributed by atoms with Crippen molar-refractivity contribution in [3.8, 4) is 0 Å². The van der Waals surface area contributed by atoms with Gasteiger partial charge < -0.3 is 5.32 Å². The predicted molar refractivity (Wildman–Crippen MR) is 39.7 cm³/mol. The Kier molecular flexibility index (Phi) is 4.67. The van der Waals surface area contributed by atoms with Gasteiger partial charge in [0.2, 0.25) is 0 Å². The average Bonchev–Trinajstić information content (AvgIpc) is 1.82. The second-order valence-corrected chi connectivity index (χ2v) is 2.37. The summed E-state index contributed by atoms with van der Waals surface area (Å²) in [6, 6.07) is 0.420. The molecule has 0 rings (SSSR count). The van der Waals surface area contributed by atoms with Crippen LogP contribution in [0.2, 0.25) is 0 Å². The summed E-state index contributed by atoms with van der Waals surface area (Å²) in [5.74, 6) is 5.57. The fourth-order valence-electron chi connectivity index (χ4n) is 0.423. The molecule has 3 nitrogen and oxygen atoms in total. The van der Waals surface area contributed by atoms with E-state index in [0.717, 1.165) is 13.2 Å². The van der Waals surface area contributed by atoms with Crippen LogP contribution in [0.4, 0.5) is 0 Å². The van der Waals surface area contributed by atoms with Crippen LogP contribution in [-0.4, -0.2) is 24.3 Å². The molecule has 0 radical (unpaired) electrons. The van der Waals surface area contributed by atoms with Gasteiger partial charge in [0.15, 0.2) is 0 Å². The van der Waals surface area contributed by atoms with Crippen LogP contribution in [0.25, 0.3) is 0 Å². The molecule has 0 aromatic rings. The SMILES string of the molecule is CCNCN(N)C(C)C. The van der Waals surface area contributed by atoms with E-state index < -0.39 is 0 Å². The van der Waals surface area contributed by atoms with Gasteiger partial charge in [0.1, 0.15) is 0 Å². The number of nitrogens with one attached hydrogen (secondary N) is 1. The van der Waals surface area contributed by atoms with Crippen molar-refractivity contribution in [3.05, 3.63) is 0 Å². The van der Waals surface area contributed by atoms with Crippen LogP contribution in [-0.2, 0) is 0 Å². The number of hydrazine groups is 1. The van der Waals surface area contributed by atoms with Crippen LogP contribution in [0.1, 0.15) is 20.8 Å². The molecule has 3 heteroatoms. The molecule has 0 amide bonds. The lowest BCUT2D eigenvalue weighted by atomic mass is 10.4. The van der Waals surface area contributed by atoms with Gasteiger partial charge in [0.25, 0.3) is 0 Å². The quantitative estimate of drug-likeness (QED) is 0.324. The Morgan fingerprint density at radius 1 is 1.56 bits per heavy atom. The van der Waals surface area contributed by atoms with E-state index in [9.17, 15) is 0 Å². The largest absolute Gasteiger partial charge is 0.304 e. The minimum absolute atomic E-state index is 0.420. The van der Waals surface area contributed by atoms with Gasteiger partial charge in [0.05, 0.1) is 6.67 Å². The molecule has 0 heterocycles. The maximum absolute atomic E-state index is 5.57. The summed E-state index contributed by atoms with van der Waals surface area (Å²) in [5, 5.41) is 4.90. The number of hydrogen-bond acceptors (Lipinski definition) is 3. The third-order valence-electron chi connectivity index (χ3n) is 1.21. The lowest BCUT2D eigenvalue weighted by molar-refractivity contribution is 0.211. The molecular formula is C6H17N3. The van der Waals surface area contributed by atoms with E-state index in [1.165, 1.54) is 0 Å². The molecule has 0 bridgehead atoms. The first-order valence-electron chi connectivity index (χ1n) is 3.40. The normalized spacial score (nSPS) is 11.3. The van der Waals surface area contributed by atoms with Gasteiger partial charge in [-0.25, -0.2) is 5.01 Å². The maximum Gasteiger partial charge on any atom is 0.0621 e. The van der Waals surface area contributed by atoms with E-state index >= 15 is 0 Å². The van der Waals surface area contributed by atoms with Gasteiger partial charge in [-0.05, 0) is 20.4 Å². The zero-order chi connectivity index (χ0) is 7.28. The van der Waals surface area contributed by atoms with Gasteiger partial charge >= 0.3 is 0 Å². The molecule has 0 aromatic carbocycles. The minimum atomic E-state index is 0.420. The van der Waals surface area contributed by atoms with E-state index in [2.05, 4.69) is 26.1 Å². The van der Waals surface area contributed by atoms with Crippen molar-refractivity contribution in [2.75, 3.05) is 13.2 Å². The highest BCUT2D eigenvalue weighted by atomic mass is 15.4. The highest BCUT2D eigenvalue weighted by Crippen LogP contribution is 1.85. The smallest absolute Gasteiger partial charge is 0.0621 e. The molecule has 0 saturated heterocycles. The average molecular weight is 131 g/mol. The van der Waals surface area contributed by atoms with E-state index in [0.29, 0.717) is 6.04 Å². The molecular weight excluding hydrogens is 114 g/mol. The summed E-state index contributed by atoms with van der Waals surface area (Å²) in [6.45, 7) is 7.94. The highest BCUT2D eigenvalue weighted by Gasteiger charge is 1.99. The maximum atomic E-state index is 5.57. The van der Waals surface area contributed by atoms with E-state index in [1.807, 2.05) is 0 Å². The topological polar surface area (TPSA) is 41.3 Å². The van der Waals surface area contributed by atoms with Gasteiger partial charge in [-0.3, -0.25) is 5.84 Å². The third kappa shape index (κ3) is 4.39. The molecule has 0 saturated carbocycles. The summed E-state index contributed by atoms with van der Waals surface area (Å²) in [4.78, 5) is 0. The highest BCUT2D eigenvalue weighted by molar-refractivity contribution is 4.51. The van der Waals surface area contributed by atoms with Crippen LogP contribution in [0.15, 0.2) is 0 Å². The Labute approximate surface area is 57.2 Å². The van der Waals surface area contributed by atoms with Crippen molar-refractivity contribution < 1.29 is 0 Å². The molecule has 0 unspecified atom stereocenters. The molecule has 9 heavy (non-hydrogen) atoms. The van der Waals surface area contributed by atoms with Gasteiger partial charge in [-0.15, -0.1) is 0 Å². The van der Waals surface area contributed by atoms with Gasteiger partial charge in [0, 0.05) is 6.04 Å². The summed E-state index contributed by atoms with van der Waals surface area (Å²) >= 11 is 0. The number of nitrogens with zero attached hydrogens (tertiary/aromatic N) is 1. The van der Waals surface area contributed by atoms with Crippen LogP contribution in [0.3, 0.4) is 0 Å². The third-order valence-corrected chi connectivity index (χ3v) is 1.21.